The molecule has 1 aromatic carbocycles. The van der Waals surface area contributed by atoms with E-state index in [0.717, 1.165) is 37.8 Å². The van der Waals surface area contributed by atoms with Gasteiger partial charge in [-0.05, 0) is 32.1 Å². The van der Waals surface area contributed by atoms with Crippen molar-refractivity contribution in [1.82, 2.24) is 0 Å². The van der Waals surface area contributed by atoms with E-state index in [4.69, 9.17) is 10.5 Å². The fourth-order valence-corrected chi connectivity index (χ4v) is 2.57. The van der Waals surface area contributed by atoms with E-state index in [-0.39, 0.29) is 16.7 Å². The van der Waals surface area contributed by atoms with Crippen LogP contribution in [0.25, 0.3) is 0 Å². The highest BCUT2D eigenvalue weighted by Crippen LogP contribution is 2.28. The third-order valence-electron chi connectivity index (χ3n) is 3.72. The number of nitro groups is 1. The zero-order chi connectivity index (χ0) is 15.2. The van der Waals surface area contributed by atoms with E-state index in [1.807, 2.05) is 13.0 Å². The lowest BCUT2D eigenvalue weighted by atomic mass is 9.91. The molecule has 0 aliphatic heterocycles. The Kier molecular flexibility index (Phi) is 5.38. The maximum absolute atomic E-state index is 11.0. The Balaban J connectivity index is 2.09. The molecule has 0 aromatic heterocycles. The lowest BCUT2D eigenvalue weighted by molar-refractivity contribution is -0.384. The van der Waals surface area contributed by atoms with Crippen molar-refractivity contribution in [3.63, 3.8) is 0 Å². The van der Waals surface area contributed by atoms with Gasteiger partial charge in [-0.15, -0.1) is 0 Å². The van der Waals surface area contributed by atoms with Crippen molar-refractivity contribution >= 4 is 11.4 Å². The number of nitrogens with zero attached hydrogens (tertiary/aromatic N) is 1. The largest absolute Gasteiger partial charge is 0.493 e. The second-order valence-corrected chi connectivity index (χ2v) is 5.58. The molecule has 0 atom stereocenters. The van der Waals surface area contributed by atoms with Crippen molar-refractivity contribution in [2.24, 2.45) is 5.73 Å². The van der Waals surface area contributed by atoms with Crippen molar-refractivity contribution in [3.8, 4) is 5.75 Å². The standard InChI is InChI=1S/C15H23N3O3/c1-2-7-21-15-9-13(8-14(10-15)18(19)20)17-12-5-3-11(16)4-6-12/h8-12,17H,2-7,16H2,1H3. The molecule has 1 saturated carbocycles. The van der Waals surface area contributed by atoms with E-state index in [2.05, 4.69) is 5.32 Å². The van der Waals surface area contributed by atoms with Crippen LogP contribution in [0.3, 0.4) is 0 Å². The molecule has 0 unspecified atom stereocenters. The molecule has 0 radical (unpaired) electrons. The van der Waals surface area contributed by atoms with Gasteiger partial charge in [-0.2, -0.15) is 0 Å². The van der Waals surface area contributed by atoms with Gasteiger partial charge in [0.15, 0.2) is 0 Å². The van der Waals surface area contributed by atoms with Crippen LogP contribution < -0.4 is 15.8 Å². The number of rotatable bonds is 6. The summed E-state index contributed by atoms with van der Waals surface area (Å²) in [7, 11) is 0. The van der Waals surface area contributed by atoms with Crippen molar-refractivity contribution in [3.05, 3.63) is 28.3 Å². The summed E-state index contributed by atoms with van der Waals surface area (Å²) in [5.41, 5.74) is 6.70. The molecule has 21 heavy (non-hydrogen) atoms. The highest BCUT2D eigenvalue weighted by molar-refractivity contribution is 5.56. The Hall–Kier alpha value is -1.82. The third kappa shape index (κ3) is 4.60. The number of nitrogens with two attached hydrogens (primary N) is 1. The van der Waals surface area contributed by atoms with Gasteiger partial charge in [-0.3, -0.25) is 10.1 Å². The molecule has 0 bridgehead atoms. The minimum atomic E-state index is -0.388. The van der Waals surface area contributed by atoms with E-state index >= 15 is 0 Å². The molecular weight excluding hydrogens is 270 g/mol. The number of ether oxygens (including phenoxy) is 1. The molecule has 1 aliphatic carbocycles. The van der Waals surface area contributed by atoms with Gasteiger partial charge in [0, 0.05) is 29.9 Å². The van der Waals surface area contributed by atoms with Gasteiger partial charge in [-0.25, -0.2) is 0 Å². The van der Waals surface area contributed by atoms with E-state index in [0.29, 0.717) is 18.4 Å². The van der Waals surface area contributed by atoms with E-state index < -0.39 is 0 Å². The van der Waals surface area contributed by atoms with Crippen LogP contribution in [0, 0.1) is 10.1 Å². The summed E-state index contributed by atoms with van der Waals surface area (Å²) in [6, 6.07) is 5.48. The first-order valence-corrected chi connectivity index (χ1v) is 7.53. The highest BCUT2D eigenvalue weighted by atomic mass is 16.6. The lowest BCUT2D eigenvalue weighted by Crippen LogP contribution is -2.32. The van der Waals surface area contributed by atoms with Gasteiger partial charge >= 0.3 is 0 Å². The van der Waals surface area contributed by atoms with Crippen LogP contribution in [0.1, 0.15) is 39.0 Å². The molecule has 3 N–H and O–H groups in total. The number of nitro benzene ring substituents is 1. The number of anilines is 1. The zero-order valence-corrected chi connectivity index (χ0v) is 12.4. The summed E-state index contributed by atoms with van der Waals surface area (Å²) in [5.74, 6) is 0.543. The smallest absolute Gasteiger partial charge is 0.275 e. The van der Waals surface area contributed by atoms with Crippen LogP contribution in [0.4, 0.5) is 11.4 Å². The zero-order valence-electron chi connectivity index (χ0n) is 12.4. The van der Waals surface area contributed by atoms with Crippen molar-refractivity contribution in [2.45, 2.75) is 51.1 Å². The topological polar surface area (TPSA) is 90.4 Å². The predicted octanol–water partition coefficient (Wildman–Crippen LogP) is 3.07. The van der Waals surface area contributed by atoms with E-state index in [9.17, 15) is 10.1 Å². The molecule has 116 valence electrons. The number of hydrogen-bond acceptors (Lipinski definition) is 5. The van der Waals surface area contributed by atoms with Gasteiger partial charge in [0.1, 0.15) is 5.75 Å². The Labute approximate surface area is 124 Å². The fraction of sp³-hybridized carbons (Fsp3) is 0.600. The molecular formula is C15H23N3O3. The monoisotopic (exact) mass is 293 g/mol. The van der Waals surface area contributed by atoms with Crippen molar-refractivity contribution in [1.29, 1.82) is 0 Å². The maximum atomic E-state index is 11.0. The molecule has 6 nitrogen and oxygen atoms in total. The summed E-state index contributed by atoms with van der Waals surface area (Å²) < 4.78 is 5.53. The van der Waals surface area contributed by atoms with Crippen LogP contribution in [0.2, 0.25) is 0 Å². The minimum absolute atomic E-state index is 0.0543. The third-order valence-corrected chi connectivity index (χ3v) is 3.72. The van der Waals surface area contributed by atoms with Gasteiger partial charge < -0.3 is 15.8 Å². The van der Waals surface area contributed by atoms with Gasteiger partial charge in [0.25, 0.3) is 5.69 Å². The summed E-state index contributed by atoms with van der Waals surface area (Å²) in [4.78, 5) is 10.6. The predicted molar refractivity (Wildman–Crippen MR) is 82.7 cm³/mol. The van der Waals surface area contributed by atoms with Crippen LogP contribution in [-0.2, 0) is 0 Å². The first-order chi connectivity index (χ1) is 10.1. The minimum Gasteiger partial charge on any atom is -0.493 e. The molecule has 6 heteroatoms. The number of non-ortho nitro benzene ring substituents is 1. The SMILES string of the molecule is CCCOc1cc(NC2CCC(N)CC2)cc([N+](=O)[O-])c1. The molecule has 2 rings (SSSR count). The number of benzene rings is 1. The van der Waals surface area contributed by atoms with Crippen LogP contribution in [-0.4, -0.2) is 23.6 Å². The van der Waals surface area contributed by atoms with Gasteiger partial charge in [0.05, 0.1) is 17.6 Å². The fourth-order valence-electron chi connectivity index (χ4n) is 2.57. The summed E-state index contributed by atoms with van der Waals surface area (Å²) in [6.07, 6.45) is 4.84. The van der Waals surface area contributed by atoms with Crippen LogP contribution in [0.5, 0.6) is 5.75 Å². The molecule has 0 saturated heterocycles. The van der Waals surface area contributed by atoms with Crippen molar-refractivity contribution in [2.75, 3.05) is 11.9 Å². The Morgan fingerprint density at radius 3 is 2.67 bits per heavy atom. The van der Waals surface area contributed by atoms with Gasteiger partial charge in [-0.1, -0.05) is 6.92 Å². The highest BCUT2D eigenvalue weighted by Gasteiger charge is 2.19. The Morgan fingerprint density at radius 1 is 1.33 bits per heavy atom. The number of nitrogens with one attached hydrogen (secondary N) is 1. The average molecular weight is 293 g/mol. The summed E-state index contributed by atoms with van der Waals surface area (Å²) >= 11 is 0. The lowest BCUT2D eigenvalue weighted by Gasteiger charge is -2.27. The van der Waals surface area contributed by atoms with Crippen molar-refractivity contribution < 1.29 is 9.66 Å². The Morgan fingerprint density at radius 2 is 2.05 bits per heavy atom. The Bertz CT molecular complexity index is 485. The molecule has 0 heterocycles. The molecule has 0 spiro atoms. The van der Waals surface area contributed by atoms with Crippen LogP contribution >= 0.6 is 0 Å². The maximum Gasteiger partial charge on any atom is 0.275 e. The average Bonchev–Trinajstić information content (AvgIpc) is 2.47. The second-order valence-electron chi connectivity index (χ2n) is 5.58. The first kappa shape index (κ1) is 15.6. The van der Waals surface area contributed by atoms with E-state index in [1.165, 1.54) is 6.07 Å². The summed E-state index contributed by atoms with van der Waals surface area (Å²) in [5, 5.41) is 14.4. The molecule has 1 fully saturated rings. The molecule has 0 amide bonds. The number of hydrogen-bond donors (Lipinski definition) is 2. The molecule has 1 aromatic rings. The van der Waals surface area contributed by atoms with Gasteiger partial charge in [0.2, 0.25) is 0 Å². The quantitative estimate of drug-likeness (QED) is 0.621. The second kappa shape index (κ2) is 7.26. The first-order valence-electron chi connectivity index (χ1n) is 7.53. The summed E-state index contributed by atoms with van der Waals surface area (Å²) in [6.45, 7) is 2.56. The molecule has 1 aliphatic rings. The van der Waals surface area contributed by atoms with Crippen LogP contribution in [0.15, 0.2) is 18.2 Å². The van der Waals surface area contributed by atoms with E-state index in [1.54, 1.807) is 6.07 Å². The normalized spacial score (nSPS) is 21.8.